The van der Waals surface area contributed by atoms with Gasteiger partial charge in [-0.1, -0.05) is 19.8 Å². The van der Waals surface area contributed by atoms with Crippen LogP contribution in [0, 0.1) is 17.3 Å². The zero-order valence-corrected chi connectivity index (χ0v) is 12.4. The van der Waals surface area contributed by atoms with Crippen LogP contribution in [0.5, 0.6) is 0 Å². The van der Waals surface area contributed by atoms with Gasteiger partial charge < -0.3 is 4.42 Å². The summed E-state index contributed by atoms with van der Waals surface area (Å²) < 4.78 is 5.93. The molecule has 0 aromatic carbocycles. The lowest BCUT2D eigenvalue weighted by atomic mass is 9.90. The van der Waals surface area contributed by atoms with Gasteiger partial charge in [-0.25, -0.2) is 5.43 Å². The lowest BCUT2D eigenvalue weighted by molar-refractivity contribution is -0.123. The summed E-state index contributed by atoms with van der Waals surface area (Å²) >= 11 is 3.22. The average molecular weight is 325 g/mol. The van der Waals surface area contributed by atoms with Gasteiger partial charge in [0.15, 0.2) is 4.67 Å². The fourth-order valence-electron chi connectivity index (χ4n) is 3.48. The third-order valence-electron chi connectivity index (χ3n) is 4.57. The molecule has 0 radical (unpaired) electrons. The Kier molecular flexibility index (Phi) is 3.25. The van der Waals surface area contributed by atoms with Crippen LogP contribution in [-0.4, -0.2) is 12.1 Å². The van der Waals surface area contributed by atoms with Gasteiger partial charge in [-0.2, -0.15) is 5.10 Å². The van der Waals surface area contributed by atoms with Gasteiger partial charge in [0.2, 0.25) is 5.91 Å². The van der Waals surface area contributed by atoms with Gasteiger partial charge in [0.25, 0.3) is 0 Å². The molecule has 3 atom stereocenters. The first-order chi connectivity index (χ1) is 9.11. The first kappa shape index (κ1) is 12.9. The molecule has 0 unspecified atom stereocenters. The van der Waals surface area contributed by atoms with Crippen molar-refractivity contribution < 1.29 is 9.21 Å². The monoisotopic (exact) mass is 324 g/mol. The highest BCUT2D eigenvalue weighted by molar-refractivity contribution is 9.10. The normalized spacial score (nSPS) is 33.2. The Morgan fingerprint density at radius 1 is 1.58 bits per heavy atom. The maximum Gasteiger partial charge on any atom is 0.244 e. The molecule has 102 valence electrons. The number of hydrazone groups is 1. The highest BCUT2D eigenvalue weighted by Crippen LogP contribution is 2.66. The number of carbonyl (C=O) groups is 1. The van der Waals surface area contributed by atoms with Crippen molar-refractivity contribution in [3.05, 3.63) is 22.6 Å². The van der Waals surface area contributed by atoms with E-state index in [9.17, 15) is 4.79 Å². The van der Waals surface area contributed by atoms with Gasteiger partial charge in [0.1, 0.15) is 5.76 Å². The molecule has 0 bridgehead atoms. The molecule has 1 amide bonds. The molecule has 1 N–H and O–H groups in total. The van der Waals surface area contributed by atoms with Crippen molar-refractivity contribution in [3.63, 3.8) is 0 Å². The highest BCUT2D eigenvalue weighted by Gasteiger charge is 2.64. The number of nitrogens with zero attached hydrogens (tertiary/aromatic N) is 1. The van der Waals surface area contributed by atoms with Crippen molar-refractivity contribution in [2.75, 3.05) is 0 Å². The minimum Gasteiger partial charge on any atom is -0.448 e. The number of furan rings is 1. The van der Waals surface area contributed by atoms with Crippen LogP contribution in [0.3, 0.4) is 0 Å². The molecule has 2 fully saturated rings. The van der Waals surface area contributed by atoms with E-state index in [-0.39, 0.29) is 17.2 Å². The Balaban J connectivity index is 1.56. The van der Waals surface area contributed by atoms with Crippen LogP contribution in [0.2, 0.25) is 0 Å². The SMILES string of the molecule is C[C@]12CCCC[C@@H]1[C@@H]2C(=O)N/N=C\c1ccc(Br)o1. The average Bonchev–Trinajstić information content (AvgIpc) is 2.81. The summed E-state index contributed by atoms with van der Waals surface area (Å²) in [5.74, 6) is 1.38. The molecule has 1 heterocycles. The summed E-state index contributed by atoms with van der Waals surface area (Å²) in [6.07, 6.45) is 6.39. The summed E-state index contributed by atoms with van der Waals surface area (Å²) in [4.78, 5) is 12.1. The molecule has 2 aliphatic rings. The fourth-order valence-corrected chi connectivity index (χ4v) is 3.80. The second kappa shape index (κ2) is 4.78. The third-order valence-corrected chi connectivity index (χ3v) is 5.00. The van der Waals surface area contributed by atoms with Crippen LogP contribution in [0.25, 0.3) is 0 Å². The van der Waals surface area contributed by atoms with E-state index < -0.39 is 0 Å². The van der Waals surface area contributed by atoms with Crippen molar-refractivity contribution in [2.45, 2.75) is 32.6 Å². The lowest BCUT2D eigenvalue weighted by Gasteiger charge is -2.15. The van der Waals surface area contributed by atoms with Gasteiger partial charge in [-0.05, 0) is 52.2 Å². The molecule has 1 aromatic rings. The first-order valence-corrected chi connectivity index (χ1v) is 7.49. The van der Waals surface area contributed by atoms with Crippen molar-refractivity contribution in [2.24, 2.45) is 22.4 Å². The van der Waals surface area contributed by atoms with E-state index >= 15 is 0 Å². The number of nitrogens with one attached hydrogen (secondary N) is 1. The fraction of sp³-hybridized carbons (Fsp3) is 0.571. The molecule has 0 saturated heterocycles. The van der Waals surface area contributed by atoms with Crippen LogP contribution in [0.15, 0.2) is 26.3 Å². The quantitative estimate of drug-likeness (QED) is 0.685. The van der Waals surface area contributed by atoms with Crippen LogP contribution < -0.4 is 5.43 Å². The Hall–Kier alpha value is -1.10. The minimum absolute atomic E-state index is 0.0521. The highest BCUT2D eigenvalue weighted by atomic mass is 79.9. The molecule has 4 nitrogen and oxygen atoms in total. The van der Waals surface area contributed by atoms with E-state index in [0.29, 0.717) is 16.3 Å². The minimum atomic E-state index is 0.0521. The second-order valence-corrected chi connectivity index (χ2v) is 6.49. The first-order valence-electron chi connectivity index (χ1n) is 6.69. The molecule has 5 heteroatoms. The third kappa shape index (κ3) is 2.36. The van der Waals surface area contributed by atoms with Gasteiger partial charge >= 0.3 is 0 Å². The van der Waals surface area contributed by atoms with Crippen LogP contribution in [0.1, 0.15) is 38.4 Å². The number of amides is 1. The smallest absolute Gasteiger partial charge is 0.244 e. The Bertz CT molecular complexity index is 525. The summed E-state index contributed by atoms with van der Waals surface area (Å²) in [7, 11) is 0. The van der Waals surface area contributed by atoms with E-state index in [1.807, 2.05) is 0 Å². The molecule has 19 heavy (non-hydrogen) atoms. The molecular weight excluding hydrogens is 308 g/mol. The van der Waals surface area contributed by atoms with Gasteiger partial charge in [-0.15, -0.1) is 0 Å². The number of rotatable bonds is 3. The van der Waals surface area contributed by atoms with Crippen molar-refractivity contribution in [3.8, 4) is 0 Å². The number of hydrogen-bond acceptors (Lipinski definition) is 3. The number of halogens is 1. The molecular formula is C14H17BrN2O2. The van der Waals surface area contributed by atoms with Crippen molar-refractivity contribution in [1.29, 1.82) is 0 Å². The predicted octanol–water partition coefficient (Wildman–Crippen LogP) is 3.32. The Morgan fingerprint density at radius 2 is 2.42 bits per heavy atom. The number of fused-ring (bicyclic) bond motifs is 1. The van der Waals surface area contributed by atoms with Crippen molar-refractivity contribution in [1.82, 2.24) is 5.43 Å². The predicted molar refractivity (Wildman–Crippen MR) is 75.7 cm³/mol. The topological polar surface area (TPSA) is 54.6 Å². The van der Waals surface area contributed by atoms with Gasteiger partial charge in [0, 0.05) is 5.92 Å². The zero-order valence-electron chi connectivity index (χ0n) is 10.9. The van der Waals surface area contributed by atoms with E-state index in [2.05, 4.69) is 33.4 Å². The van der Waals surface area contributed by atoms with Gasteiger partial charge in [0.05, 0.1) is 6.21 Å². The van der Waals surface area contributed by atoms with E-state index in [0.717, 1.165) is 0 Å². The standard InChI is InChI=1S/C14H17BrN2O2/c1-14-7-3-2-4-10(14)12(14)13(18)17-16-8-9-5-6-11(15)19-9/h5-6,8,10,12H,2-4,7H2,1H3,(H,17,18)/b16-8-/t10-,12-,14+/m1/s1. The summed E-state index contributed by atoms with van der Waals surface area (Å²) in [6.45, 7) is 2.23. The maximum absolute atomic E-state index is 12.1. The van der Waals surface area contributed by atoms with E-state index in [1.54, 1.807) is 12.1 Å². The van der Waals surface area contributed by atoms with Crippen molar-refractivity contribution >= 4 is 28.1 Å². The molecule has 2 aliphatic carbocycles. The van der Waals surface area contributed by atoms with Crippen LogP contribution >= 0.6 is 15.9 Å². The maximum atomic E-state index is 12.1. The Labute approximate surface area is 120 Å². The molecule has 0 spiro atoms. The van der Waals surface area contributed by atoms with Gasteiger partial charge in [-0.3, -0.25) is 4.79 Å². The number of carbonyl (C=O) groups excluding carboxylic acids is 1. The van der Waals surface area contributed by atoms with E-state index in [4.69, 9.17) is 4.42 Å². The zero-order chi connectivity index (χ0) is 13.5. The second-order valence-electron chi connectivity index (χ2n) is 5.71. The van der Waals surface area contributed by atoms with Crippen LogP contribution in [0.4, 0.5) is 0 Å². The molecule has 2 saturated carbocycles. The lowest BCUT2D eigenvalue weighted by Crippen LogP contribution is -2.22. The molecule has 0 aliphatic heterocycles. The largest absolute Gasteiger partial charge is 0.448 e. The number of hydrogen-bond donors (Lipinski definition) is 1. The van der Waals surface area contributed by atoms with E-state index in [1.165, 1.54) is 31.9 Å². The summed E-state index contributed by atoms with van der Waals surface area (Å²) in [5, 5.41) is 3.97. The summed E-state index contributed by atoms with van der Waals surface area (Å²) in [5.41, 5.74) is 2.87. The van der Waals surface area contributed by atoms with Crippen LogP contribution in [-0.2, 0) is 4.79 Å². The molecule has 1 aromatic heterocycles. The summed E-state index contributed by atoms with van der Waals surface area (Å²) in [6, 6.07) is 3.58. The Morgan fingerprint density at radius 3 is 3.05 bits per heavy atom. The molecule has 3 rings (SSSR count).